The van der Waals surface area contributed by atoms with E-state index < -0.39 is 0 Å². The number of aromatic hydroxyl groups is 1. The lowest BCUT2D eigenvalue weighted by molar-refractivity contribution is 0.0665. The van der Waals surface area contributed by atoms with Crippen molar-refractivity contribution in [3.8, 4) is 5.75 Å². The van der Waals surface area contributed by atoms with Gasteiger partial charge in [-0.3, -0.25) is 0 Å². The molecule has 0 fully saturated rings. The van der Waals surface area contributed by atoms with Gasteiger partial charge in [-0.25, -0.2) is 0 Å². The van der Waals surface area contributed by atoms with E-state index in [9.17, 15) is 5.11 Å². The predicted molar refractivity (Wildman–Crippen MR) is 115 cm³/mol. The third-order valence-corrected chi connectivity index (χ3v) is 6.79. The fourth-order valence-electron chi connectivity index (χ4n) is 5.88. The van der Waals surface area contributed by atoms with Crippen molar-refractivity contribution < 1.29 is 5.11 Å². The first-order valence-electron chi connectivity index (χ1n) is 10.9. The highest BCUT2D eigenvalue weighted by atomic mass is 16.3. The van der Waals surface area contributed by atoms with E-state index in [-0.39, 0.29) is 5.41 Å². The Kier molecular flexibility index (Phi) is 6.47. The highest BCUT2D eigenvalue weighted by molar-refractivity contribution is 5.44. The van der Waals surface area contributed by atoms with Crippen LogP contribution in [0.15, 0.2) is 42.5 Å². The molecule has 1 aromatic rings. The summed E-state index contributed by atoms with van der Waals surface area (Å²) in [7, 11) is 2.33. The van der Waals surface area contributed by atoms with Gasteiger partial charge in [0.15, 0.2) is 0 Å². The smallest absolute Gasteiger partial charge is 0.115 e. The van der Waals surface area contributed by atoms with Crippen molar-refractivity contribution in [3.63, 3.8) is 0 Å². The van der Waals surface area contributed by atoms with E-state index >= 15 is 0 Å². The average molecular weight is 368 g/mol. The number of hydrogen-bond acceptors (Lipinski definition) is 2. The zero-order valence-electron chi connectivity index (χ0n) is 17.6. The first-order valence-corrected chi connectivity index (χ1v) is 10.9. The molecule has 1 N–H and O–H groups in total. The first kappa shape index (κ1) is 20.2. The molecule has 2 nitrogen and oxygen atoms in total. The third kappa shape index (κ3) is 4.16. The largest absolute Gasteiger partial charge is 0.508 e. The Bertz CT molecular complexity index is 692. The predicted octanol–water partition coefficient (Wildman–Crippen LogP) is 5.86. The second kappa shape index (κ2) is 8.65. The molecule has 1 aromatic carbocycles. The van der Waals surface area contributed by atoms with Crippen LogP contribution in [-0.4, -0.2) is 29.6 Å². The number of phenols is 1. The number of nitrogens with zero attached hydrogens (tertiary/aromatic N) is 1. The monoisotopic (exact) mass is 367 g/mol. The van der Waals surface area contributed by atoms with Crippen molar-refractivity contribution in [2.45, 2.75) is 70.8 Å². The molecule has 148 valence electrons. The minimum atomic E-state index is 0.0872. The van der Waals surface area contributed by atoms with Gasteiger partial charge in [-0.2, -0.15) is 0 Å². The van der Waals surface area contributed by atoms with Crippen LogP contribution >= 0.6 is 0 Å². The number of likely N-dealkylation sites (N-methyl/N-ethyl adjacent to an activating group) is 1. The molecule has 0 aromatic heterocycles. The van der Waals surface area contributed by atoms with Gasteiger partial charge in [0.05, 0.1) is 0 Å². The summed E-state index contributed by atoms with van der Waals surface area (Å²) in [5, 5.41) is 10.2. The number of rotatable bonds is 7. The maximum Gasteiger partial charge on any atom is 0.115 e. The Morgan fingerprint density at radius 3 is 2.67 bits per heavy atom. The summed E-state index contributed by atoms with van der Waals surface area (Å²) < 4.78 is 0. The van der Waals surface area contributed by atoms with Crippen molar-refractivity contribution >= 4 is 0 Å². The molecular formula is C25H37NO. The third-order valence-electron chi connectivity index (χ3n) is 6.79. The summed E-state index contributed by atoms with van der Waals surface area (Å²) in [4.78, 5) is 2.65. The molecule has 2 unspecified atom stereocenters. The molecule has 0 amide bonds. The van der Waals surface area contributed by atoms with Gasteiger partial charge in [0.25, 0.3) is 0 Å². The van der Waals surface area contributed by atoms with Gasteiger partial charge in [0.2, 0.25) is 0 Å². The van der Waals surface area contributed by atoms with Crippen molar-refractivity contribution in [3.05, 3.63) is 53.6 Å². The highest BCUT2D eigenvalue weighted by Crippen LogP contribution is 2.47. The van der Waals surface area contributed by atoms with Crippen molar-refractivity contribution in [2.75, 3.05) is 13.6 Å². The van der Waals surface area contributed by atoms with Gasteiger partial charge in [-0.1, -0.05) is 64.0 Å². The second-order valence-corrected chi connectivity index (χ2v) is 8.96. The standard InChI is InChI=1S/C25H37NO/c1-5-10-21-16-20-13-14-22(27)17-23(20)25(3,15-6-2)24(21)26(4)18-19-11-8-7-9-12-19/h7-9,11,13-14,17,19,21,24,27H,5-6,10,12,15-16,18H2,1-4H3/t19?,21-,24?,25+/m0/s1. The van der Waals surface area contributed by atoms with Gasteiger partial charge in [-0.15, -0.1) is 0 Å². The van der Waals surface area contributed by atoms with Crippen LogP contribution in [0.1, 0.15) is 64.0 Å². The molecule has 0 saturated heterocycles. The normalized spacial score (nSPS) is 29.9. The van der Waals surface area contributed by atoms with Gasteiger partial charge < -0.3 is 10.0 Å². The minimum Gasteiger partial charge on any atom is -0.508 e. The molecule has 2 aliphatic carbocycles. The highest BCUT2D eigenvalue weighted by Gasteiger charge is 2.46. The summed E-state index contributed by atoms with van der Waals surface area (Å²) in [6, 6.07) is 6.62. The van der Waals surface area contributed by atoms with Crippen LogP contribution in [0.3, 0.4) is 0 Å². The lowest BCUT2D eigenvalue weighted by atomic mass is 9.60. The molecule has 0 aliphatic heterocycles. The van der Waals surface area contributed by atoms with Crippen molar-refractivity contribution in [1.29, 1.82) is 0 Å². The molecule has 2 aliphatic rings. The molecular weight excluding hydrogens is 330 g/mol. The van der Waals surface area contributed by atoms with E-state index in [1.807, 2.05) is 6.07 Å². The molecule has 0 radical (unpaired) electrons. The van der Waals surface area contributed by atoms with Gasteiger partial charge in [0.1, 0.15) is 5.75 Å². The lowest BCUT2D eigenvalue weighted by Crippen LogP contribution is -2.56. The Morgan fingerprint density at radius 1 is 1.19 bits per heavy atom. The van der Waals surface area contributed by atoms with E-state index in [1.54, 1.807) is 0 Å². The van der Waals surface area contributed by atoms with Crippen LogP contribution in [0.25, 0.3) is 0 Å². The summed E-state index contributed by atoms with van der Waals surface area (Å²) >= 11 is 0. The fourth-order valence-corrected chi connectivity index (χ4v) is 5.88. The quantitative estimate of drug-likeness (QED) is 0.653. The summed E-state index contributed by atoms with van der Waals surface area (Å²) in [6.07, 6.45) is 16.1. The minimum absolute atomic E-state index is 0.0872. The Balaban J connectivity index is 1.97. The van der Waals surface area contributed by atoms with E-state index in [0.717, 1.165) is 19.4 Å². The summed E-state index contributed by atoms with van der Waals surface area (Å²) in [5.74, 6) is 1.70. The van der Waals surface area contributed by atoms with Gasteiger partial charge >= 0.3 is 0 Å². The van der Waals surface area contributed by atoms with E-state index in [2.05, 4.69) is 69.2 Å². The van der Waals surface area contributed by atoms with Crippen molar-refractivity contribution in [1.82, 2.24) is 4.90 Å². The number of hydrogen-bond donors (Lipinski definition) is 1. The average Bonchev–Trinajstić information content (AvgIpc) is 2.64. The Morgan fingerprint density at radius 2 is 2.00 bits per heavy atom. The Labute approximate surface area is 166 Å². The fraction of sp³-hybridized carbons (Fsp3) is 0.600. The van der Waals surface area contributed by atoms with E-state index in [1.165, 1.54) is 36.8 Å². The maximum atomic E-state index is 10.2. The molecule has 0 spiro atoms. The topological polar surface area (TPSA) is 23.5 Å². The van der Waals surface area contributed by atoms with Crippen molar-refractivity contribution in [2.24, 2.45) is 11.8 Å². The SMILES string of the molecule is CCC[C@H]1Cc2ccc(O)cc2[C@@](C)(CCC)C1N(C)CC1C=CC=CC1. The zero-order chi connectivity index (χ0) is 19.4. The van der Waals surface area contributed by atoms with Crippen LogP contribution in [0.5, 0.6) is 5.75 Å². The summed E-state index contributed by atoms with van der Waals surface area (Å²) in [6.45, 7) is 8.17. The van der Waals surface area contributed by atoms with Crippen LogP contribution < -0.4 is 0 Å². The second-order valence-electron chi connectivity index (χ2n) is 8.96. The van der Waals surface area contributed by atoms with Crippen LogP contribution in [0, 0.1) is 11.8 Å². The number of benzene rings is 1. The van der Waals surface area contributed by atoms with Gasteiger partial charge in [0, 0.05) is 18.0 Å². The number of fused-ring (bicyclic) bond motifs is 1. The van der Waals surface area contributed by atoms with E-state index in [4.69, 9.17) is 0 Å². The lowest BCUT2D eigenvalue weighted by Gasteiger charge is -2.52. The molecule has 4 atom stereocenters. The zero-order valence-corrected chi connectivity index (χ0v) is 17.6. The molecule has 2 heteroatoms. The summed E-state index contributed by atoms with van der Waals surface area (Å²) in [5.41, 5.74) is 2.92. The van der Waals surface area contributed by atoms with Gasteiger partial charge in [-0.05, 0) is 67.8 Å². The maximum absolute atomic E-state index is 10.2. The molecule has 0 saturated carbocycles. The molecule has 0 bridgehead atoms. The van der Waals surface area contributed by atoms with E-state index in [0.29, 0.717) is 23.6 Å². The number of phenolic OH excluding ortho intramolecular Hbond substituents is 1. The van der Waals surface area contributed by atoms with Crippen LogP contribution in [0.2, 0.25) is 0 Å². The number of allylic oxidation sites excluding steroid dienone is 3. The van der Waals surface area contributed by atoms with Crippen LogP contribution in [-0.2, 0) is 11.8 Å². The van der Waals surface area contributed by atoms with Crippen LogP contribution in [0.4, 0.5) is 0 Å². The first-order chi connectivity index (χ1) is 13.0. The molecule has 27 heavy (non-hydrogen) atoms. The Hall–Kier alpha value is -1.54. The molecule has 0 heterocycles. The molecule has 3 rings (SSSR count).